The van der Waals surface area contributed by atoms with Gasteiger partial charge in [-0.15, -0.1) is 0 Å². The van der Waals surface area contributed by atoms with Gasteiger partial charge in [0.2, 0.25) is 0 Å². The molecule has 50 heavy (non-hydrogen) atoms. The third-order valence-corrected chi connectivity index (χ3v) is 9.49. The molecule has 0 bridgehead atoms. The summed E-state index contributed by atoms with van der Waals surface area (Å²) in [6.45, 7) is 18.3. The number of hydrogen-bond donors (Lipinski definition) is 2. The molecule has 4 rings (SSSR count). The number of phenols is 1. The predicted octanol–water partition coefficient (Wildman–Crippen LogP) is 11.0. The summed E-state index contributed by atoms with van der Waals surface area (Å²) in [4.78, 5) is 5.17. The molecular formula is C44H56ClNO4. The van der Waals surface area contributed by atoms with Gasteiger partial charge in [0, 0.05) is 22.9 Å². The van der Waals surface area contributed by atoms with Crippen LogP contribution >= 0.6 is 11.6 Å². The minimum absolute atomic E-state index is 0.0587. The van der Waals surface area contributed by atoms with Crippen LogP contribution in [0.4, 0.5) is 0 Å². The number of aromatic hydroxyl groups is 1. The number of hydrogen-bond acceptors (Lipinski definition) is 5. The van der Waals surface area contributed by atoms with Gasteiger partial charge in [0.25, 0.3) is 0 Å². The van der Waals surface area contributed by atoms with Gasteiger partial charge in [0.1, 0.15) is 22.8 Å². The van der Waals surface area contributed by atoms with Crippen molar-refractivity contribution in [1.29, 1.82) is 0 Å². The van der Waals surface area contributed by atoms with E-state index >= 15 is 0 Å². The quantitative estimate of drug-likeness (QED) is 0.0958. The van der Waals surface area contributed by atoms with Gasteiger partial charge in [-0.2, -0.15) is 0 Å². The minimum atomic E-state index is -1.74. The van der Waals surface area contributed by atoms with E-state index in [9.17, 15) is 10.2 Å². The van der Waals surface area contributed by atoms with E-state index in [1.807, 2.05) is 42.5 Å². The molecular weight excluding hydrogens is 642 g/mol. The molecule has 6 heteroatoms. The first kappa shape index (κ1) is 39.0. The maximum absolute atomic E-state index is 14.0. The molecule has 0 heterocycles. The number of benzene rings is 4. The Bertz CT molecular complexity index is 1650. The molecule has 2 N–H and O–H groups in total. The Kier molecular flexibility index (Phi) is 13.2. The second-order valence-corrected chi connectivity index (χ2v) is 15.7. The Labute approximate surface area is 305 Å². The monoisotopic (exact) mass is 697 g/mol. The second kappa shape index (κ2) is 16.9. The summed E-state index contributed by atoms with van der Waals surface area (Å²) in [5.74, 6) is 1.15. The Morgan fingerprint density at radius 3 is 1.72 bits per heavy atom. The fourth-order valence-corrected chi connectivity index (χ4v) is 6.13. The highest BCUT2D eigenvalue weighted by Gasteiger charge is 2.45. The molecule has 4 aromatic rings. The SMILES string of the molecule is CCCCOc1ccc(C(C)(C)C)cc1C(O)(c1cc(C(C)(C)C)ccc1OCCCC)[C@@H](Cc1ccccc1)N=Cc1cccc(Cl)c1O. The van der Waals surface area contributed by atoms with E-state index in [0.29, 0.717) is 47.8 Å². The number of unbranched alkanes of at least 4 members (excludes halogenated alkanes) is 2. The van der Waals surface area contributed by atoms with E-state index in [2.05, 4.69) is 79.7 Å². The zero-order valence-corrected chi connectivity index (χ0v) is 32.0. The summed E-state index contributed by atoms with van der Waals surface area (Å²) < 4.78 is 13.1. The Hall–Kier alpha value is -3.80. The molecule has 0 aromatic heterocycles. The highest BCUT2D eigenvalue weighted by Crippen LogP contribution is 2.47. The average molecular weight is 698 g/mol. The van der Waals surface area contributed by atoms with Gasteiger partial charge in [-0.3, -0.25) is 4.99 Å². The summed E-state index contributed by atoms with van der Waals surface area (Å²) in [5, 5.41) is 25.1. The molecule has 0 aliphatic carbocycles. The third-order valence-electron chi connectivity index (χ3n) is 9.19. The molecule has 4 aromatic carbocycles. The molecule has 268 valence electrons. The van der Waals surface area contributed by atoms with Crippen LogP contribution in [0.5, 0.6) is 17.2 Å². The summed E-state index contributed by atoms with van der Waals surface area (Å²) in [6.07, 6.45) is 5.72. The zero-order chi connectivity index (χ0) is 36.5. The van der Waals surface area contributed by atoms with Crippen LogP contribution in [0.1, 0.15) is 114 Å². The summed E-state index contributed by atoms with van der Waals surface area (Å²) in [5.41, 5.74) is 2.67. The van der Waals surface area contributed by atoms with E-state index < -0.39 is 11.6 Å². The van der Waals surface area contributed by atoms with Gasteiger partial charge in [0.05, 0.1) is 24.3 Å². The average Bonchev–Trinajstić information content (AvgIpc) is 3.08. The molecule has 0 fully saturated rings. The van der Waals surface area contributed by atoms with Crippen LogP contribution in [0.2, 0.25) is 5.02 Å². The van der Waals surface area contributed by atoms with Gasteiger partial charge < -0.3 is 19.7 Å². The van der Waals surface area contributed by atoms with Gasteiger partial charge in [-0.05, 0) is 83.2 Å². The van der Waals surface area contributed by atoms with Crippen molar-refractivity contribution in [3.8, 4) is 17.2 Å². The van der Waals surface area contributed by atoms with E-state index in [1.54, 1.807) is 24.4 Å². The van der Waals surface area contributed by atoms with Gasteiger partial charge >= 0.3 is 0 Å². The summed E-state index contributed by atoms with van der Waals surface area (Å²) in [7, 11) is 0. The standard InChI is InChI=1S/C44H56ClNO4/c1-9-11-25-49-38-23-21-33(42(3,4)5)28-35(38)44(48,36-29-34(43(6,7)8)22-24-39(36)50-26-12-10-2)40(27-31-17-14-13-15-18-31)46-30-32-19-16-20-37(45)41(32)47/h13-24,28-30,40,47-48H,9-12,25-27H2,1-8H3/t40-/m1/s1. The molecule has 0 unspecified atom stereocenters. The number of aliphatic hydroxyl groups is 1. The lowest BCUT2D eigenvalue weighted by molar-refractivity contribution is 0.0460. The summed E-state index contributed by atoms with van der Waals surface area (Å²) in [6, 6.07) is 26.8. The number of para-hydroxylation sites is 1. The van der Waals surface area contributed by atoms with Gasteiger partial charge in [-0.1, -0.05) is 128 Å². The van der Waals surface area contributed by atoms with Crippen molar-refractivity contribution in [2.24, 2.45) is 4.99 Å². The largest absolute Gasteiger partial charge is 0.506 e. The molecule has 0 saturated heterocycles. The lowest BCUT2D eigenvalue weighted by Gasteiger charge is -2.39. The molecule has 0 saturated carbocycles. The molecule has 0 radical (unpaired) electrons. The third kappa shape index (κ3) is 9.50. The smallest absolute Gasteiger partial charge is 0.144 e. The van der Waals surface area contributed by atoms with Crippen molar-refractivity contribution in [2.75, 3.05) is 13.2 Å². The Morgan fingerprint density at radius 1 is 0.720 bits per heavy atom. The van der Waals surface area contributed by atoms with E-state index in [1.165, 1.54) is 0 Å². The fourth-order valence-electron chi connectivity index (χ4n) is 5.95. The van der Waals surface area contributed by atoms with Crippen LogP contribution in [0.3, 0.4) is 0 Å². The maximum Gasteiger partial charge on any atom is 0.144 e. The first-order valence-corrected chi connectivity index (χ1v) is 18.4. The summed E-state index contributed by atoms with van der Waals surface area (Å²) >= 11 is 6.33. The first-order valence-electron chi connectivity index (χ1n) is 18.0. The van der Waals surface area contributed by atoms with Crippen LogP contribution < -0.4 is 9.47 Å². The predicted molar refractivity (Wildman–Crippen MR) is 209 cm³/mol. The first-order chi connectivity index (χ1) is 23.7. The van der Waals surface area contributed by atoms with Crippen LogP contribution in [0, 0.1) is 0 Å². The van der Waals surface area contributed by atoms with Crippen LogP contribution in [-0.4, -0.2) is 35.7 Å². The number of phenolic OH excluding ortho intramolecular Hbond substituents is 1. The molecule has 5 nitrogen and oxygen atoms in total. The highest BCUT2D eigenvalue weighted by molar-refractivity contribution is 6.32. The van der Waals surface area contributed by atoms with Gasteiger partial charge in [-0.25, -0.2) is 0 Å². The number of aliphatic imine (C=N–C) groups is 1. The molecule has 0 aliphatic heterocycles. The van der Waals surface area contributed by atoms with E-state index in [-0.39, 0.29) is 21.6 Å². The van der Waals surface area contributed by atoms with Crippen molar-refractivity contribution < 1.29 is 19.7 Å². The molecule has 0 aliphatic rings. The maximum atomic E-state index is 14.0. The van der Waals surface area contributed by atoms with Crippen LogP contribution in [-0.2, 0) is 22.9 Å². The number of nitrogens with zero attached hydrogens (tertiary/aromatic N) is 1. The number of ether oxygens (including phenoxy) is 2. The lowest BCUT2D eigenvalue weighted by atomic mass is 9.73. The minimum Gasteiger partial charge on any atom is -0.506 e. The molecule has 1 atom stereocenters. The molecule has 0 spiro atoms. The fraction of sp³-hybridized carbons (Fsp3) is 0.432. The van der Waals surface area contributed by atoms with Crippen LogP contribution in [0.25, 0.3) is 0 Å². The van der Waals surface area contributed by atoms with E-state index in [0.717, 1.165) is 42.4 Å². The highest BCUT2D eigenvalue weighted by atomic mass is 35.5. The normalized spacial score (nSPS) is 13.1. The number of rotatable bonds is 15. The van der Waals surface area contributed by atoms with Crippen molar-refractivity contribution in [2.45, 2.75) is 110 Å². The van der Waals surface area contributed by atoms with Crippen molar-refractivity contribution in [1.82, 2.24) is 0 Å². The molecule has 0 amide bonds. The van der Waals surface area contributed by atoms with Crippen LogP contribution in [0.15, 0.2) is 89.9 Å². The Morgan fingerprint density at radius 2 is 1.24 bits per heavy atom. The second-order valence-electron chi connectivity index (χ2n) is 15.3. The van der Waals surface area contributed by atoms with Gasteiger partial charge in [0.15, 0.2) is 0 Å². The zero-order valence-electron chi connectivity index (χ0n) is 31.2. The Balaban J connectivity index is 2.14. The lowest BCUT2D eigenvalue weighted by Crippen LogP contribution is -2.42. The topological polar surface area (TPSA) is 71.3 Å². The van der Waals surface area contributed by atoms with Crippen molar-refractivity contribution in [3.63, 3.8) is 0 Å². The number of halogens is 1. The van der Waals surface area contributed by atoms with E-state index in [4.69, 9.17) is 26.1 Å². The van der Waals surface area contributed by atoms with Crippen molar-refractivity contribution >= 4 is 17.8 Å². The van der Waals surface area contributed by atoms with Crippen molar-refractivity contribution in [3.05, 3.63) is 123 Å².